The Kier molecular flexibility index (Phi) is 5.50. The van der Waals surface area contributed by atoms with Gasteiger partial charge < -0.3 is 10.6 Å². The molecule has 3 atom stereocenters. The first-order valence-electron chi connectivity index (χ1n) is 8.14. The second-order valence-corrected chi connectivity index (χ2v) is 6.92. The highest BCUT2D eigenvalue weighted by molar-refractivity contribution is 4.81. The lowest BCUT2D eigenvalue weighted by atomic mass is 9.89. The lowest BCUT2D eigenvalue weighted by Gasteiger charge is -2.24. The van der Waals surface area contributed by atoms with Crippen LogP contribution >= 0.6 is 0 Å². The van der Waals surface area contributed by atoms with Gasteiger partial charge in [-0.15, -0.1) is 0 Å². The van der Waals surface area contributed by atoms with Crippen LogP contribution in [0, 0.1) is 17.8 Å². The molecule has 2 fully saturated rings. The fraction of sp³-hybridized carbons (Fsp3) is 1.00. The van der Waals surface area contributed by atoms with Gasteiger partial charge in [0.05, 0.1) is 0 Å². The first-order chi connectivity index (χ1) is 8.66. The molecule has 1 aliphatic carbocycles. The molecule has 2 heteroatoms. The Bertz CT molecular complexity index is 239. The van der Waals surface area contributed by atoms with E-state index in [2.05, 4.69) is 18.7 Å². The third-order valence-electron chi connectivity index (χ3n) is 5.34. The molecule has 1 saturated heterocycles. The minimum absolute atomic E-state index is 0.500. The number of likely N-dealkylation sites (tertiary alicyclic amines) is 1. The molecule has 2 nitrogen and oxygen atoms in total. The average Bonchev–Trinajstić information content (AvgIpc) is 2.62. The molecule has 0 aromatic rings. The first kappa shape index (κ1) is 14.3. The molecule has 106 valence electrons. The van der Waals surface area contributed by atoms with Crippen molar-refractivity contribution in [3.63, 3.8) is 0 Å². The fourth-order valence-electron chi connectivity index (χ4n) is 3.84. The van der Waals surface area contributed by atoms with Crippen molar-refractivity contribution >= 4 is 0 Å². The van der Waals surface area contributed by atoms with Gasteiger partial charge in [0.15, 0.2) is 0 Å². The van der Waals surface area contributed by atoms with Crippen LogP contribution in [-0.4, -0.2) is 30.6 Å². The molecule has 1 aliphatic heterocycles. The highest BCUT2D eigenvalue weighted by atomic mass is 15.1. The normalized spacial score (nSPS) is 35.0. The molecule has 2 aliphatic rings. The molecular weight excluding hydrogens is 220 g/mol. The number of rotatable bonds is 4. The maximum absolute atomic E-state index is 6.17. The van der Waals surface area contributed by atoms with E-state index < -0.39 is 0 Å². The average molecular weight is 252 g/mol. The zero-order valence-corrected chi connectivity index (χ0v) is 12.4. The zero-order valence-electron chi connectivity index (χ0n) is 12.4. The molecule has 0 radical (unpaired) electrons. The van der Waals surface area contributed by atoms with Crippen LogP contribution in [0.4, 0.5) is 0 Å². The number of hydrogen-bond donors (Lipinski definition) is 1. The molecule has 1 heterocycles. The Morgan fingerprint density at radius 3 is 2.56 bits per heavy atom. The molecule has 0 aromatic heterocycles. The van der Waals surface area contributed by atoms with Crippen molar-refractivity contribution in [2.45, 2.75) is 64.8 Å². The Hall–Kier alpha value is -0.0800. The van der Waals surface area contributed by atoms with Crippen LogP contribution in [0.3, 0.4) is 0 Å². The van der Waals surface area contributed by atoms with Crippen molar-refractivity contribution < 1.29 is 0 Å². The molecule has 0 amide bonds. The van der Waals surface area contributed by atoms with Gasteiger partial charge in [0.25, 0.3) is 0 Å². The fourth-order valence-corrected chi connectivity index (χ4v) is 3.84. The molecule has 3 unspecified atom stereocenters. The summed E-state index contributed by atoms with van der Waals surface area (Å²) in [7, 11) is 0. The summed E-state index contributed by atoms with van der Waals surface area (Å²) in [5.41, 5.74) is 6.17. The van der Waals surface area contributed by atoms with Crippen molar-refractivity contribution in [2.24, 2.45) is 23.5 Å². The first-order valence-corrected chi connectivity index (χ1v) is 8.14. The molecule has 0 spiro atoms. The summed E-state index contributed by atoms with van der Waals surface area (Å²) in [6, 6.07) is 0.500. The number of hydrogen-bond acceptors (Lipinski definition) is 2. The predicted octanol–water partition coefficient (Wildman–Crippen LogP) is 3.26. The van der Waals surface area contributed by atoms with E-state index in [1.807, 2.05) is 0 Å². The maximum Gasteiger partial charge on any atom is 0.00676 e. The van der Waals surface area contributed by atoms with Gasteiger partial charge in [0.1, 0.15) is 0 Å². The standard InChI is InChI=1S/C16H32N2/c1-13(2)14-6-4-10-18(11-8-14)12-9-15-5-3-7-16(15)17/h13-16H,3-12,17H2,1-2H3. The van der Waals surface area contributed by atoms with Gasteiger partial charge in [-0.05, 0) is 75.9 Å². The van der Waals surface area contributed by atoms with Crippen molar-refractivity contribution in [2.75, 3.05) is 19.6 Å². The van der Waals surface area contributed by atoms with Crippen LogP contribution in [0.5, 0.6) is 0 Å². The zero-order chi connectivity index (χ0) is 13.0. The van der Waals surface area contributed by atoms with Gasteiger partial charge in [-0.25, -0.2) is 0 Å². The van der Waals surface area contributed by atoms with Gasteiger partial charge in [0, 0.05) is 6.04 Å². The molecule has 0 bridgehead atoms. The molecule has 2 rings (SSSR count). The van der Waals surface area contributed by atoms with Crippen molar-refractivity contribution in [1.29, 1.82) is 0 Å². The van der Waals surface area contributed by atoms with E-state index in [0.717, 1.165) is 17.8 Å². The maximum atomic E-state index is 6.17. The van der Waals surface area contributed by atoms with E-state index in [1.165, 1.54) is 64.6 Å². The smallest absolute Gasteiger partial charge is 0.00676 e. The number of nitrogens with zero attached hydrogens (tertiary/aromatic N) is 1. The quantitative estimate of drug-likeness (QED) is 0.832. The summed E-state index contributed by atoms with van der Waals surface area (Å²) in [6.45, 7) is 8.72. The van der Waals surface area contributed by atoms with E-state index in [4.69, 9.17) is 5.73 Å². The van der Waals surface area contributed by atoms with E-state index in [-0.39, 0.29) is 0 Å². The third-order valence-corrected chi connectivity index (χ3v) is 5.34. The Balaban J connectivity index is 1.70. The molecule has 18 heavy (non-hydrogen) atoms. The highest BCUT2D eigenvalue weighted by Crippen LogP contribution is 2.28. The minimum atomic E-state index is 0.500. The van der Waals surface area contributed by atoms with E-state index >= 15 is 0 Å². The van der Waals surface area contributed by atoms with E-state index in [9.17, 15) is 0 Å². The van der Waals surface area contributed by atoms with E-state index in [0.29, 0.717) is 6.04 Å². The Labute approximate surface area is 113 Å². The van der Waals surface area contributed by atoms with Gasteiger partial charge in [-0.1, -0.05) is 20.3 Å². The van der Waals surface area contributed by atoms with Crippen LogP contribution in [0.15, 0.2) is 0 Å². The van der Waals surface area contributed by atoms with E-state index in [1.54, 1.807) is 0 Å². The van der Waals surface area contributed by atoms with Crippen LogP contribution in [-0.2, 0) is 0 Å². The van der Waals surface area contributed by atoms with Crippen molar-refractivity contribution in [1.82, 2.24) is 4.90 Å². The summed E-state index contributed by atoms with van der Waals surface area (Å²) in [4.78, 5) is 2.70. The minimum Gasteiger partial charge on any atom is -0.327 e. The summed E-state index contributed by atoms with van der Waals surface area (Å²) in [6.07, 6.45) is 9.60. The summed E-state index contributed by atoms with van der Waals surface area (Å²) < 4.78 is 0. The van der Waals surface area contributed by atoms with Gasteiger partial charge >= 0.3 is 0 Å². The number of nitrogens with two attached hydrogens (primary N) is 1. The van der Waals surface area contributed by atoms with Crippen LogP contribution in [0.1, 0.15) is 58.8 Å². The topological polar surface area (TPSA) is 29.3 Å². The van der Waals surface area contributed by atoms with Crippen molar-refractivity contribution in [3.8, 4) is 0 Å². The van der Waals surface area contributed by atoms with Gasteiger partial charge in [0.2, 0.25) is 0 Å². The SMILES string of the molecule is CC(C)C1CCCN(CCC2CCCC2N)CC1. The second-order valence-electron chi connectivity index (χ2n) is 6.92. The second kappa shape index (κ2) is 6.91. The Morgan fingerprint density at radius 2 is 1.89 bits per heavy atom. The summed E-state index contributed by atoms with van der Waals surface area (Å²) >= 11 is 0. The molecule has 1 saturated carbocycles. The highest BCUT2D eigenvalue weighted by Gasteiger charge is 2.25. The Morgan fingerprint density at radius 1 is 1.06 bits per heavy atom. The third kappa shape index (κ3) is 3.96. The van der Waals surface area contributed by atoms with Gasteiger partial charge in [-0.3, -0.25) is 0 Å². The molecular formula is C16H32N2. The van der Waals surface area contributed by atoms with Crippen LogP contribution in [0.2, 0.25) is 0 Å². The van der Waals surface area contributed by atoms with Crippen LogP contribution in [0.25, 0.3) is 0 Å². The monoisotopic (exact) mass is 252 g/mol. The largest absolute Gasteiger partial charge is 0.327 e. The molecule has 2 N–H and O–H groups in total. The lowest BCUT2D eigenvalue weighted by Crippen LogP contribution is -2.31. The lowest BCUT2D eigenvalue weighted by molar-refractivity contribution is 0.247. The summed E-state index contributed by atoms with van der Waals surface area (Å²) in [5, 5.41) is 0. The summed E-state index contributed by atoms with van der Waals surface area (Å²) in [5.74, 6) is 2.64. The van der Waals surface area contributed by atoms with Crippen molar-refractivity contribution in [3.05, 3.63) is 0 Å². The predicted molar refractivity (Wildman–Crippen MR) is 78.6 cm³/mol. The van der Waals surface area contributed by atoms with Crippen LogP contribution < -0.4 is 5.73 Å². The molecule has 0 aromatic carbocycles. The van der Waals surface area contributed by atoms with Gasteiger partial charge in [-0.2, -0.15) is 0 Å².